The minimum absolute atomic E-state index is 0.109. The third-order valence-electron chi connectivity index (χ3n) is 4.24. The molecule has 0 aliphatic carbocycles. The lowest BCUT2D eigenvalue weighted by Crippen LogP contribution is -2.49. The molecule has 2 atom stereocenters. The topological polar surface area (TPSA) is 113 Å². The highest BCUT2D eigenvalue weighted by molar-refractivity contribution is 5.86. The van der Waals surface area contributed by atoms with E-state index in [1.54, 1.807) is 30.3 Å². The summed E-state index contributed by atoms with van der Waals surface area (Å²) in [5.41, 5.74) is 7.12. The molecule has 0 saturated carbocycles. The van der Waals surface area contributed by atoms with E-state index in [-0.39, 0.29) is 24.4 Å². The van der Waals surface area contributed by atoms with E-state index in [1.165, 1.54) is 18.2 Å². The molecule has 1 amide bonds. The number of aliphatic carboxylic acids is 1. The van der Waals surface area contributed by atoms with Crippen molar-refractivity contribution in [2.75, 3.05) is 0 Å². The minimum atomic E-state index is -1.16. The Morgan fingerprint density at radius 2 is 1.78 bits per heavy atom. The summed E-state index contributed by atoms with van der Waals surface area (Å²) >= 11 is 0. The number of nitrogens with one attached hydrogen (secondary N) is 1. The van der Waals surface area contributed by atoms with Crippen LogP contribution in [0.5, 0.6) is 5.75 Å². The van der Waals surface area contributed by atoms with Gasteiger partial charge in [-0.3, -0.25) is 4.79 Å². The molecule has 2 aromatic carbocycles. The summed E-state index contributed by atoms with van der Waals surface area (Å²) in [7, 11) is 0. The lowest BCUT2D eigenvalue weighted by atomic mass is 10.0. The molecule has 0 aliphatic heterocycles. The monoisotopic (exact) mass is 374 g/mol. The van der Waals surface area contributed by atoms with Gasteiger partial charge in [0.05, 0.1) is 6.04 Å². The molecule has 0 radical (unpaired) electrons. The molecule has 2 rings (SSSR count). The number of hydrogen-bond donors (Lipinski definition) is 4. The molecule has 7 heteroatoms. The van der Waals surface area contributed by atoms with Gasteiger partial charge in [-0.15, -0.1) is 0 Å². The maximum atomic E-state index is 13.6. The van der Waals surface area contributed by atoms with Gasteiger partial charge >= 0.3 is 5.97 Å². The molecule has 0 heterocycles. The number of hydrogen-bond acceptors (Lipinski definition) is 4. The van der Waals surface area contributed by atoms with E-state index in [9.17, 15) is 24.2 Å². The number of phenolic OH excluding ortho intramolecular Hbond substituents is 1. The average Bonchev–Trinajstić information content (AvgIpc) is 2.64. The van der Waals surface area contributed by atoms with E-state index in [0.29, 0.717) is 18.4 Å². The summed E-state index contributed by atoms with van der Waals surface area (Å²) in [6.07, 6.45) is 1.17. The van der Waals surface area contributed by atoms with Crippen molar-refractivity contribution in [2.45, 2.75) is 37.8 Å². The Balaban J connectivity index is 1.86. The largest absolute Gasteiger partial charge is 0.508 e. The number of nitrogens with two attached hydrogens (primary N) is 1. The van der Waals surface area contributed by atoms with Crippen LogP contribution in [0.15, 0.2) is 48.5 Å². The standard InChI is InChI=1S/C20H23FN2O4/c21-16-6-2-1-4-14(16)5-3-7-18(20(26)27)23-19(25)17(22)12-13-8-10-15(24)11-9-13/h1-2,4,6,8-11,17-18,24H,3,5,7,12,22H2,(H,23,25)(H,26,27)/t17-,18?/m0/s1. The minimum Gasteiger partial charge on any atom is -0.508 e. The van der Waals surface area contributed by atoms with Crippen molar-refractivity contribution >= 4 is 11.9 Å². The molecule has 144 valence electrons. The molecule has 0 bridgehead atoms. The zero-order chi connectivity index (χ0) is 19.8. The molecule has 0 aliphatic rings. The second kappa shape index (κ2) is 9.68. The lowest BCUT2D eigenvalue weighted by Gasteiger charge is -2.18. The Kier molecular flexibility index (Phi) is 7.31. The number of carboxylic acids is 1. The fourth-order valence-corrected chi connectivity index (χ4v) is 2.71. The van der Waals surface area contributed by atoms with Crippen molar-refractivity contribution in [1.82, 2.24) is 5.32 Å². The van der Waals surface area contributed by atoms with Gasteiger partial charge in [-0.05, 0) is 55.0 Å². The molecule has 6 nitrogen and oxygen atoms in total. The Hall–Kier alpha value is -2.93. The number of amides is 1. The van der Waals surface area contributed by atoms with E-state index in [1.807, 2.05) is 0 Å². The third kappa shape index (κ3) is 6.38. The van der Waals surface area contributed by atoms with Crippen molar-refractivity contribution in [1.29, 1.82) is 0 Å². The maximum Gasteiger partial charge on any atom is 0.326 e. The second-order valence-corrected chi connectivity index (χ2v) is 6.36. The average molecular weight is 374 g/mol. The van der Waals surface area contributed by atoms with Gasteiger partial charge in [0.1, 0.15) is 17.6 Å². The van der Waals surface area contributed by atoms with Crippen molar-refractivity contribution in [3.8, 4) is 5.75 Å². The van der Waals surface area contributed by atoms with E-state index in [4.69, 9.17) is 5.73 Å². The van der Waals surface area contributed by atoms with Gasteiger partial charge in [0.2, 0.25) is 5.91 Å². The Morgan fingerprint density at radius 1 is 1.11 bits per heavy atom. The maximum absolute atomic E-state index is 13.6. The number of aromatic hydroxyl groups is 1. The first-order valence-electron chi connectivity index (χ1n) is 8.67. The number of aryl methyl sites for hydroxylation is 1. The Bertz CT molecular complexity index is 780. The van der Waals surface area contributed by atoms with Crippen LogP contribution < -0.4 is 11.1 Å². The molecule has 1 unspecified atom stereocenters. The number of rotatable bonds is 9. The predicted octanol–water partition coefficient (Wildman–Crippen LogP) is 1.99. The number of halogens is 1. The first-order valence-corrected chi connectivity index (χ1v) is 8.67. The normalized spacial score (nSPS) is 13.0. The van der Waals surface area contributed by atoms with Gasteiger partial charge in [-0.25, -0.2) is 9.18 Å². The second-order valence-electron chi connectivity index (χ2n) is 6.36. The number of carbonyl (C=O) groups excluding carboxylic acids is 1. The van der Waals surface area contributed by atoms with E-state index < -0.39 is 24.0 Å². The van der Waals surface area contributed by atoms with Crippen LogP contribution >= 0.6 is 0 Å². The van der Waals surface area contributed by atoms with E-state index in [2.05, 4.69) is 5.32 Å². The predicted molar refractivity (Wildman–Crippen MR) is 98.7 cm³/mol. The molecule has 0 saturated heterocycles. The van der Waals surface area contributed by atoms with Crippen LogP contribution in [0.4, 0.5) is 4.39 Å². The van der Waals surface area contributed by atoms with Crippen LogP contribution in [0.25, 0.3) is 0 Å². The fourth-order valence-electron chi connectivity index (χ4n) is 2.71. The first kappa shape index (κ1) is 20.4. The Labute approximate surface area is 156 Å². The number of benzene rings is 2. The highest BCUT2D eigenvalue weighted by atomic mass is 19.1. The highest BCUT2D eigenvalue weighted by Crippen LogP contribution is 2.13. The van der Waals surface area contributed by atoms with Crippen molar-refractivity contribution in [2.24, 2.45) is 5.73 Å². The zero-order valence-corrected chi connectivity index (χ0v) is 14.8. The number of carbonyl (C=O) groups is 2. The highest BCUT2D eigenvalue weighted by Gasteiger charge is 2.23. The van der Waals surface area contributed by atoms with Gasteiger partial charge in [0, 0.05) is 0 Å². The molecule has 27 heavy (non-hydrogen) atoms. The van der Waals surface area contributed by atoms with E-state index in [0.717, 1.165) is 5.56 Å². The summed E-state index contributed by atoms with van der Waals surface area (Å²) in [6, 6.07) is 10.6. The first-order chi connectivity index (χ1) is 12.9. The summed E-state index contributed by atoms with van der Waals surface area (Å²) < 4.78 is 13.6. The van der Waals surface area contributed by atoms with Gasteiger partial charge < -0.3 is 21.3 Å². The third-order valence-corrected chi connectivity index (χ3v) is 4.24. The molecular weight excluding hydrogens is 351 g/mol. The van der Waals surface area contributed by atoms with Crippen LogP contribution in [0, 0.1) is 5.82 Å². The summed E-state index contributed by atoms with van der Waals surface area (Å²) in [5, 5.41) is 21.0. The number of phenols is 1. The molecule has 0 aromatic heterocycles. The van der Waals surface area contributed by atoms with Gasteiger partial charge in [-0.1, -0.05) is 30.3 Å². The van der Waals surface area contributed by atoms with Crippen molar-refractivity contribution in [3.05, 3.63) is 65.5 Å². The summed E-state index contributed by atoms with van der Waals surface area (Å²) in [4.78, 5) is 23.6. The molecule has 0 spiro atoms. The molecule has 5 N–H and O–H groups in total. The van der Waals surface area contributed by atoms with Gasteiger partial charge in [0.25, 0.3) is 0 Å². The Morgan fingerprint density at radius 3 is 2.41 bits per heavy atom. The van der Waals surface area contributed by atoms with Crippen LogP contribution in [0.3, 0.4) is 0 Å². The molecule has 2 aromatic rings. The van der Waals surface area contributed by atoms with Crippen LogP contribution in [-0.2, 0) is 22.4 Å². The van der Waals surface area contributed by atoms with E-state index >= 15 is 0 Å². The van der Waals surface area contributed by atoms with Crippen LogP contribution in [-0.4, -0.2) is 34.2 Å². The van der Waals surface area contributed by atoms with Crippen molar-refractivity contribution in [3.63, 3.8) is 0 Å². The molecular formula is C20H23FN2O4. The fraction of sp³-hybridized carbons (Fsp3) is 0.300. The smallest absolute Gasteiger partial charge is 0.326 e. The molecule has 0 fully saturated rings. The lowest BCUT2D eigenvalue weighted by molar-refractivity contribution is -0.142. The summed E-state index contributed by atoms with van der Waals surface area (Å²) in [6.45, 7) is 0. The van der Waals surface area contributed by atoms with Crippen LogP contribution in [0.1, 0.15) is 24.0 Å². The summed E-state index contributed by atoms with van der Waals surface area (Å²) in [5.74, 6) is -1.95. The van der Waals surface area contributed by atoms with Gasteiger partial charge in [-0.2, -0.15) is 0 Å². The SMILES string of the molecule is N[C@@H](Cc1ccc(O)cc1)C(=O)NC(CCCc1ccccc1F)C(=O)O. The quantitative estimate of drug-likeness (QED) is 0.536. The number of carboxylic acid groups (broad SMARTS) is 1. The zero-order valence-electron chi connectivity index (χ0n) is 14.8. The van der Waals surface area contributed by atoms with Crippen molar-refractivity contribution < 1.29 is 24.2 Å². The van der Waals surface area contributed by atoms with Crippen LogP contribution in [0.2, 0.25) is 0 Å². The van der Waals surface area contributed by atoms with Gasteiger partial charge in [0.15, 0.2) is 0 Å².